The van der Waals surface area contributed by atoms with Crippen LogP contribution >= 0.6 is 16.5 Å². The van der Waals surface area contributed by atoms with E-state index in [-0.39, 0.29) is 17.1 Å². The molecule has 0 aliphatic heterocycles. The van der Waals surface area contributed by atoms with Crippen LogP contribution in [-0.4, -0.2) is 13.2 Å². The van der Waals surface area contributed by atoms with Gasteiger partial charge in [0.2, 0.25) is 0 Å². The summed E-state index contributed by atoms with van der Waals surface area (Å²) in [5, 5.41) is 0. The fraction of sp³-hybridized carbons (Fsp3) is 1.00. The fourth-order valence-electron chi connectivity index (χ4n) is 1.69. The summed E-state index contributed by atoms with van der Waals surface area (Å²) in [7, 11) is -5.25. The van der Waals surface area contributed by atoms with E-state index < -0.39 is 16.5 Å². The van der Waals surface area contributed by atoms with Crippen LogP contribution < -0.4 is 9.79 Å². The molecule has 0 aliphatic rings. The summed E-state index contributed by atoms with van der Waals surface area (Å²) in [5.41, 5.74) is 0. The van der Waals surface area contributed by atoms with E-state index in [1.54, 1.807) is 0 Å². The topological polar surface area (TPSA) is 98.7 Å². The van der Waals surface area contributed by atoms with E-state index in [4.69, 9.17) is 0 Å². The fourth-order valence-corrected chi connectivity index (χ4v) is 2.25. The molecule has 0 aromatic carbocycles. The molecule has 0 fully saturated rings. The monoisotopic (exact) mass is 412 g/mol. The molecule has 0 aromatic heterocycles. The summed E-state index contributed by atoms with van der Waals surface area (Å²) < 4.78 is 28.6. The Morgan fingerprint density at radius 3 is 1.22 bits per heavy atom. The van der Waals surface area contributed by atoms with Gasteiger partial charge in [-0.05, 0) is 22.0 Å². The third-order valence-corrected chi connectivity index (χ3v) is 3.68. The Kier molecular flexibility index (Phi) is 30.6. The number of rotatable bonds is 14. The van der Waals surface area contributed by atoms with Gasteiger partial charge in [-0.15, -0.1) is 9.05 Å². The van der Waals surface area contributed by atoms with Crippen LogP contribution in [0.2, 0.25) is 0 Å². The van der Waals surface area contributed by atoms with Crippen LogP contribution in [0.1, 0.15) is 78.1 Å². The van der Waals surface area contributed by atoms with Crippen molar-refractivity contribution in [2.75, 3.05) is 13.2 Å². The maximum atomic E-state index is 9.90. The molecule has 0 aromatic rings. The van der Waals surface area contributed by atoms with Gasteiger partial charge in [-0.3, -0.25) is 0 Å². The minimum absolute atomic E-state index is 0. The van der Waals surface area contributed by atoms with E-state index in [2.05, 4.69) is 22.9 Å². The minimum Gasteiger partial charge on any atom is -0.566 e. The number of hydrogen-bond acceptors (Lipinski definition) is 6. The molecule has 6 nitrogen and oxygen atoms in total. The molecule has 0 rings (SSSR count). The van der Waals surface area contributed by atoms with Gasteiger partial charge in [0, 0.05) is 0 Å². The zero-order valence-corrected chi connectivity index (χ0v) is 17.1. The smallest absolute Gasteiger partial charge is 0.566 e. The molecule has 0 aliphatic carbocycles. The SMILES string of the molecule is CCCCCCCO[P+](=O)[O-].CCCCCCCO[P+](=O)[O-].[Fe+2]. The van der Waals surface area contributed by atoms with Gasteiger partial charge in [0.25, 0.3) is 0 Å². The summed E-state index contributed by atoms with van der Waals surface area (Å²) in [6.07, 6.45) is 11.0. The molecule has 0 saturated heterocycles. The summed E-state index contributed by atoms with van der Waals surface area (Å²) >= 11 is 0. The van der Waals surface area contributed by atoms with Crippen molar-refractivity contribution in [2.45, 2.75) is 78.1 Å². The molecule has 2 atom stereocenters. The van der Waals surface area contributed by atoms with Crippen molar-refractivity contribution in [1.29, 1.82) is 0 Å². The predicted molar refractivity (Wildman–Crippen MR) is 84.6 cm³/mol. The van der Waals surface area contributed by atoms with Gasteiger partial charge in [-0.25, -0.2) is 0 Å². The summed E-state index contributed by atoms with van der Waals surface area (Å²) in [4.78, 5) is 19.8. The van der Waals surface area contributed by atoms with Crippen LogP contribution in [0.3, 0.4) is 0 Å². The standard InChI is InChI=1S/2C7H15O3P.Fe/c2*1-2-3-4-5-6-7-10-11(8)9;/h2*2-7H2,1H3;/q;;+2. The molecule has 0 spiro atoms. The van der Waals surface area contributed by atoms with E-state index in [0.717, 1.165) is 25.7 Å². The average molecular weight is 412 g/mol. The van der Waals surface area contributed by atoms with E-state index in [1.807, 2.05) is 0 Å². The molecule has 0 bridgehead atoms. The van der Waals surface area contributed by atoms with Crippen molar-refractivity contribution >= 4 is 16.5 Å². The van der Waals surface area contributed by atoms with Gasteiger partial charge in [-0.1, -0.05) is 65.2 Å². The Labute approximate surface area is 153 Å². The minimum atomic E-state index is -2.62. The second kappa shape index (κ2) is 24.8. The normalized spacial score (nSPS) is 11.1. The van der Waals surface area contributed by atoms with Crippen LogP contribution in [-0.2, 0) is 35.2 Å². The van der Waals surface area contributed by atoms with E-state index >= 15 is 0 Å². The largest absolute Gasteiger partial charge is 2.00 e. The first-order valence-electron chi connectivity index (χ1n) is 8.09. The first-order valence-corrected chi connectivity index (χ1v) is 10.3. The molecular formula is C14H30FeO6P2+2. The molecule has 9 heteroatoms. The van der Waals surface area contributed by atoms with Crippen molar-refractivity contribution in [2.24, 2.45) is 0 Å². The molecule has 0 N–H and O–H groups in total. The zero-order chi connectivity index (χ0) is 17.1. The van der Waals surface area contributed by atoms with Gasteiger partial charge in [0.1, 0.15) is 13.2 Å². The number of hydrogen-bond donors (Lipinski definition) is 0. The second-order valence-corrected chi connectivity index (χ2v) is 6.35. The van der Waals surface area contributed by atoms with Gasteiger partial charge in [0.05, 0.1) is 0 Å². The van der Waals surface area contributed by atoms with E-state index in [0.29, 0.717) is 13.2 Å². The first kappa shape index (κ1) is 28.4. The van der Waals surface area contributed by atoms with Gasteiger partial charge in [0.15, 0.2) is 0 Å². The first-order chi connectivity index (χ1) is 10.5. The molecule has 0 radical (unpaired) electrons. The second-order valence-electron chi connectivity index (χ2n) is 4.94. The van der Waals surface area contributed by atoms with Crippen LogP contribution in [0.5, 0.6) is 0 Å². The van der Waals surface area contributed by atoms with Crippen molar-refractivity contribution in [3.8, 4) is 0 Å². The maximum absolute atomic E-state index is 9.90. The van der Waals surface area contributed by atoms with Crippen molar-refractivity contribution in [1.82, 2.24) is 0 Å². The summed E-state index contributed by atoms with van der Waals surface area (Å²) in [6, 6.07) is 0. The molecule has 0 amide bonds. The van der Waals surface area contributed by atoms with E-state index in [1.165, 1.54) is 38.5 Å². The maximum Gasteiger partial charge on any atom is 2.00 e. The molecule has 0 heterocycles. The van der Waals surface area contributed by atoms with E-state index in [9.17, 15) is 18.9 Å². The number of unbranched alkanes of at least 4 members (excludes halogenated alkanes) is 8. The van der Waals surface area contributed by atoms with Crippen molar-refractivity contribution in [3.63, 3.8) is 0 Å². The third-order valence-electron chi connectivity index (χ3n) is 2.89. The molecular weight excluding hydrogens is 382 g/mol. The van der Waals surface area contributed by atoms with Crippen LogP contribution in [0, 0.1) is 0 Å². The van der Waals surface area contributed by atoms with Crippen molar-refractivity contribution < 1.29 is 45.0 Å². The Balaban J connectivity index is -0.000000333. The zero-order valence-electron chi connectivity index (χ0n) is 14.2. The Morgan fingerprint density at radius 1 is 0.652 bits per heavy atom. The summed E-state index contributed by atoms with van der Waals surface area (Å²) in [5.74, 6) is 0. The summed E-state index contributed by atoms with van der Waals surface area (Å²) in [6.45, 7) is 4.99. The van der Waals surface area contributed by atoms with Gasteiger partial charge >= 0.3 is 33.6 Å². The average Bonchev–Trinajstić information content (AvgIpc) is 2.46. The molecule has 2 unspecified atom stereocenters. The predicted octanol–water partition coefficient (Wildman–Crippen LogP) is 3.98. The molecule has 0 saturated carbocycles. The van der Waals surface area contributed by atoms with Gasteiger partial charge in [-0.2, -0.15) is 0 Å². The van der Waals surface area contributed by atoms with Crippen LogP contribution in [0.25, 0.3) is 0 Å². The van der Waals surface area contributed by atoms with Crippen LogP contribution in [0.15, 0.2) is 0 Å². The Morgan fingerprint density at radius 2 is 0.957 bits per heavy atom. The third kappa shape index (κ3) is 34.8. The van der Waals surface area contributed by atoms with Gasteiger partial charge < -0.3 is 9.79 Å². The Bertz CT molecular complexity index is 244. The Hall–Kier alpha value is 0.559. The molecule has 138 valence electrons. The van der Waals surface area contributed by atoms with Crippen LogP contribution in [0.4, 0.5) is 0 Å². The quantitative estimate of drug-likeness (QED) is 0.243. The van der Waals surface area contributed by atoms with Crippen molar-refractivity contribution in [3.05, 3.63) is 0 Å². The molecule has 23 heavy (non-hydrogen) atoms.